The highest BCUT2D eigenvalue weighted by Gasteiger charge is 2.16. The van der Waals surface area contributed by atoms with Gasteiger partial charge in [0, 0.05) is 19.5 Å². The number of H-pyrrole nitrogens is 1. The first-order valence-electron chi connectivity index (χ1n) is 6.10. The highest BCUT2D eigenvalue weighted by atomic mass is 16.1. The van der Waals surface area contributed by atoms with E-state index in [4.69, 9.17) is 0 Å². The molecule has 0 fully saturated rings. The normalized spacial score (nSPS) is 13.6. The van der Waals surface area contributed by atoms with Crippen molar-refractivity contribution in [1.29, 1.82) is 0 Å². The number of hydrogen-bond acceptors (Lipinski definition) is 3. The van der Waals surface area contributed by atoms with Crippen LogP contribution in [-0.2, 0) is 19.5 Å². The van der Waals surface area contributed by atoms with Crippen molar-refractivity contribution < 1.29 is 0 Å². The molecule has 0 aliphatic carbocycles. The topological polar surface area (TPSA) is 57.8 Å². The minimum Gasteiger partial charge on any atom is -0.310 e. The van der Waals surface area contributed by atoms with Crippen LogP contribution in [0.5, 0.6) is 0 Å². The molecule has 92 valence electrons. The summed E-state index contributed by atoms with van der Waals surface area (Å²) >= 11 is 0. The van der Waals surface area contributed by atoms with Gasteiger partial charge in [-0.15, -0.1) is 0 Å². The van der Waals surface area contributed by atoms with Crippen molar-refractivity contribution in [2.45, 2.75) is 26.4 Å². The minimum atomic E-state index is -0.00594. The largest absolute Gasteiger partial charge is 0.310 e. The number of aromatic nitrogens is 2. The van der Waals surface area contributed by atoms with E-state index in [0.717, 1.165) is 17.1 Å². The molecule has 1 aliphatic heterocycles. The summed E-state index contributed by atoms with van der Waals surface area (Å²) in [5, 5.41) is 3.15. The first-order valence-corrected chi connectivity index (χ1v) is 6.10. The van der Waals surface area contributed by atoms with Gasteiger partial charge in [-0.05, 0) is 18.1 Å². The summed E-state index contributed by atoms with van der Waals surface area (Å²) in [5.74, 6) is 0.747. The van der Waals surface area contributed by atoms with Gasteiger partial charge in [0.25, 0.3) is 5.56 Å². The van der Waals surface area contributed by atoms with Crippen LogP contribution in [0.4, 0.5) is 0 Å². The lowest BCUT2D eigenvalue weighted by molar-refractivity contribution is 0.755. The van der Waals surface area contributed by atoms with E-state index < -0.39 is 0 Å². The summed E-state index contributed by atoms with van der Waals surface area (Å²) in [6, 6.07) is 8.17. The molecule has 18 heavy (non-hydrogen) atoms. The van der Waals surface area contributed by atoms with E-state index in [1.165, 1.54) is 11.1 Å². The third-order valence-corrected chi connectivity index (χ3v) is 3.36. The van der Waals surface area contributed by atoms with Crippen molar-refractivity contribution in [2.24, 2.45) is 0 Å². The van der Waals surface area contributed by atoms with E-state index in [-0.39, 0.29) is 5.56 Å². The lowest BCUT2D eigenvalue weighted by Gasteiger charge is -2.06. The summed E-state index contributed by atoms with van der Waals surface area (Å²) in [5.41, 5.74) is 4.09. The fourth-order valence-electron chi connectivity index (χ4n) is 2.30. The number of nitrogens with one attached hydrogen (secondary N) is 2. The van der Waals surface area contributed by atoms with Gasteiger partial charge >= 0.3 is 0 Å². The zero-order valence-electron chi connectivity index (χ0n) is 10.3. The number of rotatable bonds is 2. The Morgan fingerprint density at radius 2 is 2.11 bits per heavy atom. The highest BCUT2D eigenvalue weighted by Crippen LogP contribution is 2.13. The first-order chi connectivity index (χ1) is 8.74. The molecule has 4 nitrogen and oxygen atoms in total. The monoisotopic (exact) mass is 241 g/mol. The molecule has 1 aromatic heterocycles. The first kappa shape index (κ1) is 11.2. The number of aromatic amines is 1. The fraction of sp³-hybridized carbons (Fsp3) is 0.286. The van der Waals surface area contributed by atoms with Gasteiger partial charge < -0.3 is 10.3 Å². The lowest BCUT2D eigenvalue weighted by atomic mass is 10.1. The second kappa shape index (κ2) is 4.38. The van der Waals surface area contributed by atoms with Crippen LogP contribution in [0.3, 0.4) is 0 Å². The molecule has 0 radical (unpaired) electrons. The molecule has 0 unspecified atom stereocenters. The van der Waals surface area contributed by atoms with Crippen LogP contribution in [0.2, 0.25) is 0 Å². The van der Waals surface area contributed by atoms with E-state index in [2.05, 4.69) is 34.3 Å². The van der Waals surface area contributed by atoms with E-state index in [1.54, 1.807) is 0 Å². The number of fused-ring (bicyclic) bond motifs is 1. The van der Waals surface area contributed by atoms with Crippen LogP contribution < -0.4 is 10.9 Å². The molecule has 4 heteroatoms. The van der Waals surface area contributed by atoms with Crippen LogP contribution in [-0.4, -0.2) is 9.97 Å². The molecule has 0 saturated heterocycles. The lowest BCUT2D eigenvalue weighted by Crippen LogP contribution is -2.17. The third kappa shape index (κ3) is 1.95. The van der Waals surface area contributed by atoms with Crippen molar-refractivity contribution >= 4 is 0 Å². The molecule has 0 spiro atoms. The Bertz CT molecular complexity index is 646. The molecule has 1 aromatic carbocycles. The molecule has 3 rings (SSSR count). The van der Waals surface area contributed by atoms with Crippen LogP contribution in [0.25, 0.3) is 0 Å². The maximum Gasteiger partial charge on any atom is 0.255 e. The predicted molar refractivity (Wildman–Crippen MR) is 69.4 cm³/mol. The highest BCUT2D eigenvalue weighted by molar-refractivity contribution is 5.29. The summed E-state index contributed by atoms with van der Waals surface area (Å²) in [6.45, 7) is 3.39. The minimum absolute atomic E-state index is 0.00594. The van der Waals surface area contributed by atoms with Gasteiger partial charge in [0.1, 0.15) is 5.82 Å². The average molecular weight is 241 g/mol. The van der Waals surface area contributed by atoms with Crippen molar-refractivity contribution in [1.82, 2.24) is 15.3 Å². The standard InChI is InChI=1S/C14H15N3O/c1-9-4-2-3-5-10(9)6-13-16-12-8-15-7-11(12)14(18)17-13/h2-5,15H,6-8H2,1H3,(H,16,17,18). The van der Waals surface area contributed by atoms with Crippen LogP contribution in [0, 0.1) is 6.92 Å². The Balaban J connectivity index is 1.97. The SMILES string of the molecule is Cc1ccccc1Cc1nc2c(c(=O)[nH]1)CNC2. The molecule has 0 saturated carbocycles. The summed E-state index contributed by atoms with van der Waals surface area (Å²) < 4.78 is 0. The maximum atomic E-state index is 11.9. The van der Waals surface area contributed by atoms with Crippen LogP contribution in [0.15, 0.2) is 29.1 Å². The molecule has 0 bridgehead atoms. The van der Waals surface area contributed by atoms with Gasteiger partial charge in [0.15, 0.2) is 0 Å². The second-order valence-electron chi connectivity index (χ2n) is 4.64. The van der Waals surface area contributed by atoms with Gasteiger partial charge in [-0.1, -0.05) is 24.3 Å². The third-order valence-electron chi connectivity index (χ3n) is 3.36. The molecular weight excluding hydrogens is 226 g/mol. The summed E-state index contributed by atoms with van der Waals surface area (Å²) in [7, 11) is 0. The number of aryl methyl sites for hydroxylation is 1. The molecule has 2 heterocycles. The van der Waals surface area contributed by atoms with Crippen molar-refractivity contribution in [3.8, 4) is 0 Å². The molecular formula is C14H15N3O. The van der Waals surface area contributed by atoms with E-state index >= 15 is 0 Å². The van der Waals surface area contributed by atoms with Crippen molar-refractivity contribution in [2.75, 3.05) is 0 Å². The van der Waals surface area contributed by atoms with Gasteiger partial charge in [-0.2, -0.15) is 0 Å². The predicted octanol–water partition coefficient (Wildman–Crippen LogP) is 1.27. The molecule has 1 aliphatic rings. The zero-order valence-corrected chi connectivity index (χ0v) is 10.3. The number of nitrogens with zero attached hydrogens (tertiary/aromatic N) is 1. The van der Waals surface area contributed by atoms with Gasteiger partial charge in [0.2, 0.25) is 0 Å². The fourth-order valence-corrected chi connectivity index (χ4v) is 2.30. The van der Waals surface area contributed by atoms with E-state index in [9.17, 15) is 4.79 Å². The second-order valence-corrected chi connectivity index (χ2v) is 4.64. The van der Waals surface area contributed by atoms with E-state index in [0.29, 0.717) is 19.5 Å². The Kier molecular flexibility index (Phi) is 2.72. The van der Waals surface area contributed by atoms with Crippen molar-refractivity contribution in [3.05, 3.63) is 62.8 Å². The molecule has 0 amide bonds. The maximum absolute atomic E-state index is 11.9. The summed E-state index contributed by atoms with van der Waals surface area (Å²) in [4.78, 5) is 19.3. The number of benzene rings is 1. The van der Waals surface area contributed by atoms with Gasteiger partial charge in [-0.3, -0.25) is 4.79 Å². The molecule has 2 N–H and O–H groups in total. The average Bonchev–Trinajstić information content (AvgIpc) is 2.81. The molecule has 2 aromatic rings. The van der Waals surface area contributed by atoms with Gasteiger partial charge in [-0.25, -0.2) is 4.98 Å². The van der Waals surface area contributed by atoms with Crippen LogP contribution in [0.1, 0.15) is 28.2 Å². The van der Waals surface area contributed by atoms with Crippen LogP contribution >= 0.6 is 0 Å². The Morgan fingerprint density at radius 1 is 1.28 bits per heavy atom. The van der Waals surface area contributed by atoms with Crippen molar-refractivity contribution in [3.63, 3.8) is 0 Å². The quantitative estimate of drug-likeness (QED) is 0.832. The van der Waals surface area contributed by atoms with Gasteiger partial charge in [0.05, 0.1) is 11.3 Å². The Labute approximate surface area is 105 Å². The zero-order chi connectivity index (χ0) is 12.5. The Morgan fingerprint density at radius 3 is 2.94 bits per heavy atom. The Hall–Kier alpha value is -1.94. The number of hydrogen-bond donors (Lipinski definition) is 2. The molecule has 0 atom stereocenters. The van der Waals surface area contributed by atoms with E-state index in [1.807, 2.05) is 12.1 Å². The summed E-state index contributed by atoms with van der Waals surface area (Å²) in [6.07, 6.45) is 0.676. The smallest absolute Gasteiger partial charge is 0.255 e.